The molecule has 0 fully saturated rings. The van der Waals surface area contributed by atoms with Crippen LogP contribution < -0.4 is 5.32 Å². The summed E-state index contributed by atoms with van der Waals surface area (Å²) >= 11 is 3.09. The zero-order chi connectivity index (χ0) is 14.2. The fourth-order valence-corrected chi connectivity index (χ4v) is 3.57. The Kier molecular flexibility index (Phi) is 2.90. The van der Waals surface area contributed by atoms with Gasteiger partial charge in [-0.1, -0.05) is 0 Å². The molecule has 4 rings (SSSR count). The van der Waals surface area contributed by atoms with Crippen molar-refractivity contribution >= 4 is 54.7 Å². The molecule has 1 amide bonds. The molecule has 2 aromatic carbocycles. The number of hydrogen-bond acceptors (Lipinski definition) is 5. The van der Waals surface area contributed by atoms with E-state index in [0.29, 0.717) is 5.56 Å². The molecule has 0 atom stereocenters. The van der Waals surface area contributed by atoms with E-state index >= 15 is 0 Å². The van der Waals surface area contributed by atoms with Gasteiger partial charge in [0.2, 0.25) is 0 Å². The number of nitrogens with one attached hydrogen (secondary N) is 1. The lowest BCUT2D eigenvalue weighted by Crippen LogP contribution is -2.11. The summed E-state index contributed by atoms with van der Waals surface area (Å²) in [6, 6.07) is 11.2. The van der Waals surface area contributed by atoms with Gasteiger partial charge in [0.15, 0.2) is 0 Å². The lowest BCUT2D eigenvalue weighted by molar-refractivity contribution is 0.102. The molecular formula is C15H9N3OS2. The number of thiazole rings is 2. The van der Waals surface area contributed by atoms with E-state index in [1.54, 1.807) is 28.4 Å². The van der Waals surface area contributed by atoms with Crippen molar-refractivity contribution in [2.24, 2.45) is 0 Å². The van der Waals surface area contributed by atoms with Gasteiger partial charge in [-0.3, -0.25) is 4.79 Å². The molecule has 2 aromatic heterocycles. The minimum atomic E-state index is -0.117. The Morgan fingerprint density at radius 3 is 2.33 bits per heavy atom. The molecule has 1 N–H and O–H groups in total. The SMILES string of the molecule is O=C(Nc1ccc2ncsc2c1)c1ccc2ncsc2c1. The van der Waals surface area contributed by atoms with Gasteiger partial charge in [0, 0.05) is 11.3 Å². The molecule has 102 valence electrons. The van der Waals surface area contributed by atoms with Gasteiger partial charge in [-0.15, -0.1) is 22.7 Å². The highest BCUT2D eigenvalue weighted by Gasteiger charge is 2.08. The Hall–Kier alpha value is -2.31. The number of carbonyl (C=O) groups is 1. The number of rotatable bonds is 2. The molecule has 0 saturated carbocycles. The Bertz CT molecular complexity index is 958. The van der Waals surface area contributed by atoms with Crippen LogP contribution in [0.15, 0.2) is 47.4 Å². The maximum Gasteiger partial charge on any atom is 0.255 e. The molecule has 21 heavy (non-hydrogen) atoms. The number of nitrogens with zero attached hydrogens (tertiary/aromatic N) is 2. The van der Waals surface area contributed by atoms with E-state index < -0.39 is 0 Å². The van der Waals surface area contributed by atoms with E-state index in [1.807, 2.05) is 30.3 Å². The lowest BCUT2D eigenvalue weighted by atomic mass is 10.2. The average molecular weight is 311 g/mol. The number of carbonyl (C=O) groups excluding carboxylic acids is 1. The highest BCUT2D eigenvalue weighted by Crippen LogP contribution is 2.23. The molecule has 4 nitrogen and oxygen atoms in total. The number of fused-ring (bicyclic) bond motifs is 2. The van der Waals surface area contributed by atoms with Gasteiger partial charge in [-0.25, -0.2) is 9.97 Å². The second-order valence-electron chi connectivity index (χ2n) is 4.52. The van der Waals surface area contributed by atoms with Crippen LogP contribution in [0.4, 0.5) is 5.69 Å². The molecule has 6 heteroatoms. The fourth-order valence-electron chi connectivity index (χ4n) is 2.13. The van der Waals surface area contributed by atoms with Crippen molar-refractivity contribution < 1.29 is 4.79 Å². The summed E-state index contributed by atoms with van der Waals surface area (Å²) in [5.41, 5.74) is 6.86. The van der Waals surface area contributed by atoms with E-state index in [9.17, 15) is 4.79 Å². The number of benzene rings is 2. The summed E-state index contributed by atoms with van der Waals surface area (Å²) in [6.07, 6.45) is 0. The zero-order valence-electron chi connectivity index (χ0n) is 10.7. The van der Waals surface area contributed by atoms with Crippen LogP contribution in [0, 0.1) is 0 Å². The average Bonchev–Trinajstić information content (AvgIpc) is 3.14. The van der Waals surface area contributed by atoms with Crippen LogP contribution in [-0.2, 0) is 0 Å². The maximum absolute atomic E-state index is 12.3. The van der Waals surface area contributed by atoms with E-state index in [2.05, 4.69) is 15.3 Å². The minimum Gasteiger partial charge on any atom is -0.322 e. The largest absolute Gasteiger partial charge is 0.322 e. The van der Waals surface area contributed by atoms with Crippen molar-refractivity contribution in [1.82, 2.24) is 9.97 Å². The molecule has 0 spiro atoms. The van der Waals surface area contributed by atoms with Crippen molar-refractivity contribution in [2.75, 3.05) is 5.32 Å². The van der Waals surface area contributed by atoms with Crippen molar-refractivity contribution in [2.45, 2.75) is 0 Å². The topological polar surface area (TPSA) is 54.9 Å². The van der Waals surface area contributed by atoms with Crippen molar-refractivity contribution in [3.8, 4) is 0 Å². The van der Waals surface area contributed by atoms with Crippen molar-refractivity contribution in [3.63, 3.8) is 0 Å². The molecule has 0 unspecified atom stereocenters. The summed E-state index contributed by atoms with van der Waals surface area (Å²) in [4.78, 5) is 20.8. The van der Waals surface area contributed by atoms with Crippen molar-refractivity contribution in [1.29, 1.82) is 0 Å². The first-order valence-corrected chi connectivity index (χ1v) is 8.03. The summed E-state index contributed by atoms with van der Waals surface area (Å²) in [5.74, 6) is -0.117. The van der Waals surface area contributed by atoms with Crippen molar-refractivity contribution in [3.05, 3.63) is 53.0 Å². The number of anilines is 1. The fraction of sp³-hybridized carbons (Fsp3) is 0. The number of hydrogen-bond donors (Lipinski definition) is 1. The summed E-state index contributed by atoms with van der Waals surface area (Å²) in [7, 11) is 0. The molecule has 4 aromatic rings. The first-order chi connectivity index (χ1) is 10.3. The minimum absolute atomic E-state index is 0.117. The lowest BCUT2D eigenvalue weighted by Gasteiger charge is -2.05. The van der Waals surface area contributed by atoms with Crippen LogP contribution in [0.25, 0.3) is 20.4 Å². The van der Waals surface area contributed by atoms with Gasteiger partial charge in [-0.05, 0) is 36.4 Å². The van der Waals surface area contributed by atoms with Crippen LogP contribution in [0.2, 0.25) is 0 Å². The zero-order valence-corrected chi connectivity index (χ0v) is 12.4. The third kappa shape index (κ3) is 2.28. The Labute approximate surface area is 128 Å². The van der Waals surface area contributed by atoms with E-state index in [0.717, 1.165) is 26.1 Å². The Balaban J connectivity index is 1.64. The van der Waals surface area contributed by atoms with E-state index in [1.165, 1.54) is 11.3 Å². The van der Waals surface area contributed by atoms with Crippen LogP contribution in [0.1, 0.15) is 10.4 Å². The smallest absolute Gasteiger partial charge is 0.255 e. The number of amides is 1. The Morgan fingerprint density at radius 2 is 1.57 bits per heavy atom. The number of aromatic nitrogens is 2. The summed E-state index contributed by atoms with van der Waals surface area (Å²) in [6.45, 7) is 0. The first-order valence-electron chi connectivity index (χ1n) is 6.27. The van der Waals surface area contributed by atoms with Gasteiger partial charge in [0.05, 0.1) is 31.5 Å². The molecule has 0 saturated heterocycles. The van der Waals surface area contributed by atoms with Crippen LogP contribution >= 0.6 is 22.7 Å². The molecule has 2 heterocycles. The quantitative estimate of drug-likeness (QED) is 0.605. The van der Waals surface area contributed by atoms with Gasteiger partial charge in [0.1, 0.15) is 0 Å². The summed E-state index contributed by atoms with van der Waals surface area (Å²) in [5, 5.41) is 2.92. The normalized spacial score (nSPS) is 11.0. The monoisotopic (exact) mass is 311 g/mol. The molecule has 0 aliphatic carbocycles. The van der Waals surface area contributed by atoms with E-state index in [4.69, 9.17) is 0 Å². The van der Waals surface area contributed by atoms with Gasteiger partial charge < -0.3 is 5.32 Å². The molecule has 0 aliphatic heterocycles. The third-order valence-electron chi connectivity index (χ3n) is 3.18. The second-order valence-corrected chi connectivity index (χ2v) is 6.30. The van der Waals surface area contributed by atoms with Gasteiger partial charge in [-0.2, -0.15) is 0 Å². The first kappa shape index (κ1) is 12.4. The summed E-state index contributed by atoms with van der Waals surface area (Å²) < 4.78 is 2.08. The highest BCUT2D eigenvalue weighted by molar-refractivity contribution is 7.17. The molecule has 0 radical (unpaired) electrons. The molecular weight excluding hydrogens is 302 g/mol. The molecule has 0 aliphatic rings. The highest BCUT2D eigenvalue weighted by atomic mass is 32.1. The van der Waals surface area contributed by atoms with Crippen LogP contribution in [0.5, 0.6) is 0 Å². The molecule has 0 bridgehead atoms. The maximum atomic E-state index is 12.3. The van der Waals surface area contributed by atoms with E-state index in [-0.39, 0.29) is 5.91 Å². The third-order valence-corrected chi connectivity index (χ3v) is 4.77. The van der Waals surface area contributed by atoms with Crippen LogP contribution in [0.3, 0.4) is 0 Å². The second kappa shape index (κ2) is 4.91. The Morgan fingerprint density at radius 1 is 0.905 bits per heavy atom. The predicted octanol–water partition coefficient (Wildman–Crippen LogP) is 4.16. The van der Waals surface area contributed by atoms with Gasteiger partial charge in [0.25, 0.3) is 5.91 Å². The standard InChI is InChI=1S/C15H9N3OS2/c19-15(9-1-3-11-13(5-9)20-7-16-11)18-10-2-4-12-14(6-10)21-8-17-12/h1-8H,(H,18,19). The predicted molar refractivity (Wildman–Crippen MR) is 87.2 cm³/mol. The van der Waals surface area contributed by atoms with Gasteiger partial charge >= 0.3 is 0 Å². The van der Waals surface area contributed by atoms with Crippen LogP contribution in [-0.4, -0.2) is 15.9 Å².